The maximum Gasteiger partial charge on any atom is 0.335 e. The molecule has 0 radical (unpaired) electrons. The fourth-order valence-electron chi connectivity index (χ4n) is 2.85. The highest BCUT2D eigenvalue weighted by Crippen LogP contribution is 2.41. The van der Waals surface area contributed by atoms with E-state index in [1.165, 1.54) is 38.2 Å². The van der Waals surface area contributed by atoms with Crippen molar-refractivity contribution in [3.05, 3.63) is 28.8 Å². The average molecular weight is 282 g/mol. The smallest absolute Gasteiger partial charge is 0.335 e. The number of carbonyl (C=O) groups is 1. The van der Waals surface area contributed by atoms with Crippen molar-refractivity contribution in [2.45, 2.75) is 39.0 Å². The lowest BCUT2D eigenvalue weighted by molar-refractivity contribution is 0.0697. The standard InChI is InChI=1S/C15H20ClNO2/c1-2-15(7-3-4-8-15)10-17-13-6-5-11(14(18)19)9-12(13)16/h5-6,9,17H,2-4,7-8,10H2,1H3,(H,18,19). The number of anilines is 1. The van der Waals surface area contributed by atoms with E-state index in [-0.39, 0.29) is 5.56 Å². The monoisotopic (exact) mass is 281 g/mol. The molecule has 0 aromatic heterocycles. The average Bonchev–Trinajstić information content (AvgIpc) is 2.86. The van der Waals surface area contributed by atoms with E-state index in [4.69, 9.17) is 16.7 Å². The Kier molecular flexibility index (Phi) is 4.35. The highest BCUT2D eigenvalue weighted by Gasteiger charge is 2.31. The number of halogens is 1. The van der Waals surface area contributed by atoms with Gasteiger partial charge < -0.3 is 10.4 Å². The van der Waals surface area contributed by atoms with Gasteiger partial charge in [-0.25, -0.2) is 4.79 Å². The van der Waals surface area contributed by atoms with Crippen LogP contribution in [-0.2, 0) is 0 Å². The minimum atomic E-state index is -0.950. The van der Waals surface area contributed by atoms with Crippen molar-refractivity contribution in [2.24, 2.45) is 5.41 Å². The van der Waals surface area contributed by atoms with Crippen LogP contribution in [0.2, 0.25) is 5.02 Å². The molecule has 0 saturated heterocycles. The number of nitrogens with one attached hydrogen (secondary N) is 1. The molecular formula is C15H20ClNO2. The first-order chi connectivity index (χ1) is 9.06. The summed E-state index contributed by atoms with van der Waals surface area (Å²) in [5.41, 5.74) is 1.43. The zero-order chi connectivity index (χ0) is 13.9. The number of carboxylic acids is 1. The van der Waals surface area contributed by atoms with Crippen LogP contribution in [0.25, 0.3) is 0 Å². The molecule has 1 aliphatic carbocycles. The van der Waals surface area contributed by atoms with Gasteiger partial charge in [0, 0.05) is 6.54 Å². The first-order valence-electron chi connectivity index (χ1n) is 6.83. The summed E-state index contributed by atoms with van der Waals surface area (Å²) in [6.45, 7) is 3.15. The fourth-order valence-corrected chi connectivity index (χ4v) is 3.10. The number of carboxylic acid groups (broad SMARTS) is 1. The highest BCUT2D eigenvalue weighted by atomic mass is 35.5. The first kappa shape index (κ1) is 14.2. The summed E-state index contributed by atoms with van der Waals surface area (Å²) >= 11 is 6.12. The molecule has 0 unspecified atom stereocenters. The Labute approximate surface area is 119 Å². The van der Waals surface area contributed by atoms with Crippen LogP contribution in [0.1, 0.15) is 49.4 Å². The molecule has 0 amide bonds. The second-order valence-corrected chi connectivity index (χ2v) is 5.82. The van der Waals surface area contributed by atoms with Gasteiger partial charge in [0.1, 0.15) is 0 Å². The lowest BCUT2D eigenvalue weighted by Gasteiger charge is -2.28. The van der Waals surface area contributed by atoms with Crippen LogP contribution >= 0.6 is 11.6 Å². The molecule has 0 spiro atoms. The molecule has 0 heterocycles. The minimum absolute atomic E-state index is 0.224. The van der Waals surface area contributed by atoms with E-state index >= 15 is 0 Å². The lowest BCUT2D eigenvalue weighted by atomic mass is 9.83. The third-order valence-electron chi connectivity index (χ3n) is 4.28. The van der Waals surface area contributed by atoms with E-state index in [9.17, 15) is 4.79 Å². The van der Waals surface area contributed by atoms with Gasteiger partial charge in [0.25, 0.3) is 0 Å². The molecule has 0 aliphatic heterocycles. The molecule has 1 fully saturated rings. The van der Waals surface area contributed by atoms with Crippen molar-refractivity contribution in [1.82, 2.24) is 0 Å². The van der Waals surface area contributed by atoms with Crippen molar-refractivity contribution < 1.29 is 9.90 Å². The molecule has 2 rings (SSSR count). The van der Waals surface area contributed by atoms with Gasteiger partial charge in [-0.05, 0) is 42.9 Å². The number of aromatic carboxylic acids is 1. The predicted molar refractivity (Wildman–Crippen MR) is 78.1 cm³/mol. The lowest BCUT2D eigenvalue weighted by Crippen LogP contribution is -2.26. The molecule has 104 valence electrons. The van der Waals surface area contributed by atoms with Gasteiger partial charge in [-0.1, -0.05) is 31.4 Å². The van der Waals surface area contributed by atoms with Crippen molar-refractivity contribution in [3.8, 4) is 0 Å². The summed E-state index contributed by atoms with van der Waals surface area (Å²) in [5, 5.41) is 12.8. The second-order valence-electron chi connectivity index (χ2n) is 5.41. The van der Waals surface area contributed by atoms with E-state index in [0.717, 1.165) is 12.2 Å². The van der Waals surface area contributed by atoms with Crippen LogP contribution in [0.15, 0.2) is 18.2 Å². The van der Waals surface area contributed by atoms with E-state index in [0.29, 0.717) is 10.4 Å². The molecule has 1 aliphatic rings. The first-order valence-corrected chi connectivity index (χ1v) is 7.21. The molecule has 0 bridgehead atoms. The molecular weight excluding hydrogens is 262 g/mol. The Bertz CT molecular complexity index is 467. The third-order valence-corrected chi connectivity index (χ3v) is 4.60. The Morgan fingerprint density at radius 2 is 2.11 bits per heavy atom. The largest absolute Gasteiger partial charge is 0.478 e. The van der Waals surface area contributed by atoms with Gasteiger partial charge in [-0.2, -0.15) is 0 Å². The maximum absolute atomic E-state index is 10.8. The zero-order valence-corrected chi connectivity index (χ0v) is 12.0. The highest BCUT2D eigenvalue weighted by molar-refractivity contribution is 6.33. The Hall–Kier alpha value is -1.22. The SMILES string of the molecule is CCC1(CNc2ccc(C(=O)O)cc2Cl)CCCC1. The van der Waals surface area contributed by atoms with Crippen molar-refractivity contribution in [1.29, 1.82) is 0 Å². The topological polar surface area (TPSA) is 49.3 Å². The molecule has 1 aromatic carbocycles. The van der Waals surface area contributed by atoms with Crippen molar-refractivity contribution >= 4 is 23.3 Å². The molecule has 2 N–H and O–H groups in total. The van der Waals surface area contributed by atoms with Gasteiger partial charge in [-0.3, -0.25) is 0 Å². The molecule has 0 atom stereocenters. The van der Waals surface area contributed by atoms with E-state index < -0.39 is 5.97 Å². The van der Waals surface area contributed by atoms with Gasteiger partial charge in [0.2, 0.25) is 0 Å². The van der Waals surface area contributed by atoms with Crippen molar-refractivity contribution in [3.63, 3.8) is 0 Å². The Morgan fingerprint density at radius 1 is 1.42 bits per heavy atom. The quantitative estimate of drug-likeness (QED) is 0.840. The Balaban J connectivity index is 2.05. The van der Waals surface area contributed by atoms with Gasteiger partial charge in [-0.15, -0.1) is 0 Å². The van der Waals surface area contributed by atoms with E-state index in [2.05, 4.69) is 12.2 Å². The molecule has 19 heavy (non-hydrogen) atoms. The third kappa shape index (κ3) is 3.21. The maximum atomic E-state index is 10.8. The van der Waals surface area contributed by atoms with E-state index in [1.54, 1.807) is 12.1 Å². The van der Waals surface area contributed by atoms with Gasteiger partial charge >= 0.3 is 5.97 Å². The van der Waals surface area contributed by atoms with E-state index in [1.807, 2.05) is 0 Å². The van der Waals surface area contributed by atoms with Gasteiger partial charge in [0.15, 0.2) is 0 Å². The Morgan fingerprint density at radius 3 is 2.63 bits per heavy atom. The van der Waals surface area contributed by atoms with Crippen LogP contribution in [0.3, 0.4) is 0 Å². The summed E-state index contributed by atoms with van der Waals surface area (Å²) in [6.07, 6.45) is 6.32. The minimum Gasteiger partial charge on any atom is -0.478 e. The van der Waals surface area contributed by atoms with Crippen LogP contribution in [0.5, 0.6) is 0 Å². The summed E-state index contributed by atoms with van der Waals surface area (Å²) in [7, 11) is 0. The van der Waals surface area contributed by atoms with Gasteiger partial charge in [0.05, 0.1) is 16.3 Å². The summed E-state index contributed by atoms with van der Waals surface area (Å²) < 4.78 is 0. The molecule has 1 saturated carbocycles. The van der Waals surface area contributed by atoms with Crippen LogP contribution in [0.4, 0.5) is 5.69 Å². The van der Waals surface area contributed by atoms with Crippen LogP contribution < -0.4 is 5.32 Å². The number of benzene rings is 1. The number of hydrogen-bond acceptors (Lipinski definition) is 2. The zero-order valence-electron chi connectivity index (χ0n) is 11.2. The molecule has 3 nitrogen and oxygen atoms in total. The summed E-state index contributed by atoms with van der Waals surface area (Å²) in [4.78, 5) is 10.8. The summed E-state index contributed by atoms with van der Waals surface area (Å²) in [5.74, 6) is -0.950. The number of rotatable bonds is 5. The summed E-state index contributed by atoms with van der Waals surface area (Å²) in [6, 6.07) is 4.84. The predicted octanol–water partition coefficient (Wildman–Crippen LogP) is 4.42. The van der Waals surface area contributed by atoms with Crippen molar-refractivity contribution in [2.75, 3.05) is 11.9 Å². The molecule has 1 aromatic rings. The second kappa shape index (κ2) is 5.83. The normalized spacial score (nSPS) is 17.4. The number of hydrogen-bond donors (Lipinski definition) is 2. The van der Waals surface area contributed by atoms with Crippen LogP contribution in [0, 0.1) is 5.41 Å². The molecule has 4 heteroatoms. The van der Waals surface area contributed by atoms with Crippen LogP contribution in [-0.4, -0.2) is 17.6 Å². The fraction of sp³-hybridized carbons (Fsp3) is 0.533.